The number of aromatic nitrogens is 3. The summed E-state index contributed by atoms with van der Waals surface area (Å²) in [5.41, 5.74) is 0.926. The second-order valence-electron chi connectivity index (χ2n) is 3.58. The zero-order valence-corrected chi connectivity index (χ0v) is 12.1. The lowest BCUT2D eigenvalue weighted by atomic mass is 10.3. The van der Waals surface area contributed by atoms with E-state index in [-0.39, 0.29) is 0 Å². The van der Waals surface area contributed by atoms with Gasteiger partial charge in [0.25, 0.3) is 0 Å². The number of hydrogen-bond donors (Lipinski definition) is 1. The molecule has 0 aliphatic heterocycles. The van der Waals surface area contributed by atoms with E-state index in [1.807, 2.05) is 12.1 Å². The molecule has 2 heterocycles. The van der Waals surface area contributed by atoms with Crippen LogP contribution in [-0.4, -0.2) is 29.2 Å². The van der Waals surface area contributed by atoms with Crippen LogP contribution in [0.5, 0.6) is 11.8 Å². The van der Waals surface area contributed by atoms with Crippen molar-refractivity contribution in [1.82, 2.24) is 15.0 Å². The van der Waals surface area contributed by atoms with Crippen molar-refractivity contribution >= 4 is 21.9 Å². The summed E-state index contributed by atoms with van der Waals surface area (Å²) in [7, 11) is 3.14. The summed E-state index contributed by atoms with van der Waals surface area (Å²) in [6.45, 7) is 0.516. The fourth-order valence-electron chi connectivity index (χ4n) is 1.50. The largest absolute Gasteiger partial charge is 0.481 e. The highest BCUT2D eigenvalue weighted by Gasteiger charge is 2.07. The molecule has 0 aliphatic carbocycles. The van der Waals surface area contributed by atoms with Gasteiger partial charge in [-0.1, -0.05) is 6.07 Å². The Morgan fingerprint density at radius 1 is 1.21 bits per heavy atom. The van der Waals surface area contributed by atoms with Gasteiger partial charge in [0.2, 0.25) is 17.7 Å². The first-order chi connectivity index (χ1) is 9.24. The third-order valence-corrected chi connectivity index (χ3v) is 2.93. The SMILES string of the molecule is COc1nc(NCc2cccnc2OC)ncc1Br. The highest BCUT2D eigenvalue weighted by molar-refractivity contribution is 9.10. The molecule has 1 N–H and O–H groups in total. The molecule has 0 saturated heterocycles. The molecule has 7 heteroatoms. The van der Waals surface area contributed by atoms with E-state index in [4.69, 9.17) is 9.47 Å². The molecule has 0 radical (unpaired) electrons. The van der Waals surface area contributed by atoms with E-state index in [0.29, 0.717) is 28.7 Å². The molecule has 0 aliphatic rings. The average Bonchev–Trinajstić information content (AvgIpc) is 2.46. The quantitative estimate of drug-likeness (QED) is 0.909. The summed E-state index contributed by atoms with van der Waals surface area (Å²) < 4.78 is 11.0. The zero-order chi connectivity index (χ0) is 13.7. The van der Waals surface area contributed by atoms with Gasteiger partial charge in [-0.05, 0) is 22.0 Å². The summed E-state index contributed by atoms with van der Waals surface area (Å²) in [4.78, 5) is 12.5. The smallest absolute Gasteiger partial charge is 0.232 e. The number of halogens is 1. The Morgan fingerprint density at radius 3 is 2.74 bits per heavy atom. The van der Waals surface area contributed by atoms with E-state index in [9.17, 15) is 0 Å². The second-order valence-corrected chi connectivity index (χ2v) is 4.43. The third-order valence-electron chi connectivity index (χ3n) is 2.39. The zero-order valence-electron chi connectivity index (χ0n) is 10.6. The summed E-state index contributed by atoms with van der Waals surface area (Å²) >= 11 is 3.30. The van der Waals surface area contributed by atoms with Gasteiger partial charge >= 0.3 is 0 Å². The number of nitrogens with one attached hydrogen (secondary N) is 1. The second kappa shape index (κ2) is 6.33. The van der Waals surface area contributed by atoms with Crippen LogP contribution in [0, 0.1) is 0 Å². The van der Waals surface area contributed by atoms with Crippen LogP contribution in [0.2, 0.25) is 0 Å². The number of nitrogens with zero attached hydrogens (tertiary/aromatic N) is 3. The van der Waals surface area contributed by atoms with Crippen molar-refractivity contribution in [2.75, 3.05) is 19.5 Å². The van der Waals surface area contributed by atoms with Crippen LogP contribution in [0.25, 0.3) is 0 Å². The van der Waals surface area contributed by atoms with E-state index < -0.39 is 0 Å². The molecule has 6 nitrogen and oxygen atoms in total. The van der Waals surface area contributed by atoms with E-state index >= 15 is 0 Å². The van der Waals surface area contributed by atoms with Crippen molar-refractivity contribution in [1.29, 1.82) is 0 Å². The van der Waals surface area contributed by atoms with Crippen LogP contribution in [0.4, 0.5) is 5.95 Å². The van der Waals surface area contributed by atoms with Gasteiger partial charge in [-0.25, -0.2) is 9.97 Å². The lowest BCUT2D eigenvalue weighted by molar-refractivity contribution is 0.392. The maximum atomic E-state index is 5.17. The van der Waals surface area contributed by atoms with Gasteiger partial charge in [-0.3, -0.25) is 0 Å². The number of hydrogen-bond acceptors (Lipinski definition) is 6. The molecular weight excluding hydrogens is 312 g/mol. The first kappa shape index (κ1) is 13.5. The van der Waals surface area contributed by atoms with Gasteiger partial charge in [0.15, 0.2) is 0 Å². The first-order valence-corrected chi connectivity index (χ1v) is 6.32. The van der Waals surface area contributed by atoms with Crippen molar-refractivity contribution in [2.24, 2.45) is 0 Å². The summed E-state index contributed by atoms with van der Waals surface area (Å²) in [6.07, 6.45) is 3.32. The Balaban J connectivity index is 2.10. The van der Waals surface area contributed by atoms with Crippen LogP contribution in [0.15, 0.2) is 29.0 Å². The average molecular weight is 325 g/mol. The van der Waals surface area contributed by atoms with Crippen LogP contribution in [0.1, 0.15) is 5.56 Å². The molecule has 2 aromatic rings. The van der Waals surface area contributed by atoms with E-state index in [0.717, 1.165) is 5.56 Å². The lowest BCUT2D eigenvalue weighted by Crippen LogP contribution is -2.06. The molecule has 2 rings (SSSR count). The summed E-state index contributed by atoms with van der Waals surface area (Å²) in [5.74, 6) is 1.54. The maximum absolute atomic E-state index is 5.17. The standard InChI is InChI=1S/C12H13BrN4O2/c1-18-10-8(4-3-5-14-10)6-15-12-16-7-9(13)11(17-12)19-2/h3-5,7H,6H2,1-2H3,(H,15,16,17). The Hall–Kier alpha value is -1.89. The Labute approximate surface area is 119 Å². The molecule has 0 spiro atoms. The van der Waals surface area contributed by atoms with Crippen LogP contribution in [0.3, 0.4) is 0 Å². The van der Waals surface area contributed by atoms with E-state index in [1.54, 1.807) is 26.6 Å². The van der Waals surface area contributed by atoms with Gasteiger partial charge in [-0.2, -0.15) is 4.98 Å². The fourth-order valence-corrected chi connectivity index (χ4v) is 1.85. The molecule has 0 bridgehead atoms. The predicted molar refractivity (Wildman–Crippen MR) is 74.4 cm³/mol. The molecular formula is C12H13BrN4O2. The Kier molecular flexibility index (Phi) is 4.51. The first-order valence-electron chi connectivity index (χ1n) is 5.53. The summed E-state index contributed by atoms with van der Waals surface area (Å²) in [6, 6.07) is 3.78. The molecule has 0 saturated carbocycles. The number of rotatable bonds is 5. The van der Waals surface area contributed by atoms with Crippen molar-refractivity contribution in [3.8, 4) is 11.8 Å². The maximum Gasteiger partial charge on any atom is 0.232 e. The molecule has 0 fully saturated rings. The van der Waals surface area contributed by atoms with Crippen molar-refractivity contribution in [3.05, 3.63) is 34.6 Å². The van der Waals surface area contributed by atoms with Crippen molar-refractivity contribution in [3.63, 3.8) is 0 Å². The molecule has 0 atom stereocenters. The van der Waals surface area contributed by atoms with Gasteiger partial charge in [0.1, 0.15) is 0 Å². The van der Waals surface area contributed by atoms with Crippen LogP contribution >= 0.6 is 15.9 Å². The Morgan fingerprint density at radius 2 is 2.00 bits per heavy atom. The minimum absolute atomic E-state index is 0.478. The van der Waals surface area contributed by atoms with Crippen LogP contribution < -0.4 is 14.8 Å². The number of ether oxygens (including phenoxy) is 2. The highest BCUT2D eigenvalue weighted by Crippen LogP contribution is 2.22. The fraction of sp³-hybridized carbons (Fsp3) is 0.250. The number of methoxy groups -OCH3 is 2. The van der Waals surface area contributed by atoms with Gasteiger partial charge in [-0.15, -0.1) is 0 Å². The predicted octanol–water partition coefficient (Wildman–Crippen LogP) is 2.26. The molecule has 100 valence electrons. The Bertz CT molecular complexity index is 565. The third kappa shape index (κ3) is 3.31. The highest BCUT2D eigenvalue weighted by atomic mass is 79.9. The van der Waals surface area contributed by atoms with Gasteiger partial charge < -0.3 is 14.8 Å². The van der Waals surface area contributed by atoms with E-state index in [2.05, 4.69) is 36.2 Å². The normalized spacial score (nSPS) is 10.1. The topological polar surface area (TPSA) is 69.2 Å². The molecule has 2 aromatic heterocycles. The molecule has 0 aromatic carbocycles. The summed E-state index contributed by atoms with van der Waals surface area (Å²) in [5, 5.41) is 3.09. The van der Waals surface area contributed by atoms with Crippen molar-refractivity contribution < 1.29 is 9.47 Å². The number of anilines is 1. The molecule has 19 heavy (non-hydrogen) atoms. The molecule has 0 amide bonds. The number of pyridine rings is 1. The molecule has 0 unspecified atom stereocenters. The minimum Gasteiger partial charge on any atom is -0.481 e. The minimum atomic E-state index is 0.478. The lowest BCUT2D eigenvalue weighted by Gasteiger charge is -2.09. The van der Waals surface area contributed by atoms with Gasteiger partial charge in [0, 0.05) is 18.3 Å². The van der Waals surface area contributed by atoms with E-state index in [1.165, 1.54) is 0 Å². The monoisotopic (exact) mass is 324 g/mol. The van der Waals surface area contributed by atoms with Crippen LogP contribution in [-0.2, 0) is 6.54 Å². The van der Waals surface area contributed by atoms with Crippen molar-refractivity contribution in [2.45, 2.75) is 6.54 Å². The van der Waals surface area contributed by atoms with Gasteiger partial charge in [0.05, 0.1) is 24.9 Å².